The van der Waals surface area contributed by atoms with Crippen LogP contribution in [-0.4, -0.2) is 52.6 Å². The van der Waals surface area contributed by atoms with E-state index < -0.39 is 35.5 Å². The SMILES string of the molecule is CN=C(Nc1c(F)cccc1F)N1CCC(c2nc(C)ncc2C(F)(P)COc2cccc(C(F)(F)F)n2)CC1. The molecule has 0 aliphatic carbocycles. The zero-order chi connectivity index (χ0) is 29.1. The summed E-state index contributed by atoms with van der Waals surface area (Å²) in [6.45, 7) is 1.89. The van der Waals surface area contributed by atoms with Crippen LogP contribution in [0.4, 0.5) is 32.0 Å². The Bertz CT molecular complexity index is 1360. The first-order chi connectivity index (χ1) is 18.9. The average molecular weight is 585 g/mol. The number of rotatable bonds is 6. The maximum atomic E-state index is 16.0. The minimum Gasteiger partial charge on any atom is -0.473 e. The van der Waals surface area contributed by atoms with Gasteiger partial charge >= 0.3 is 6.18 Å². The van der Waals surface area contributed by atoms with Crippen molar-refractivity contribution in [3.8, 4) is 5.88 Å². The van der Waals surface area contributed by atoms with E-state index in [9.17, 15) is 22.0 Å². The minimum absolute atomic E-state index is 0.129. The highest BCUT2D eigenvalue weighted by atomic mass is 31.0. The van der Waals surface area contributed by atoms with Crippen molar-refractivity contribution >= 4 is 20.9 Å². The number of aromatic nitrogens is 3. The van der Waals surface area contributed by atoms with Crippen LogP contribution in [0, 0.1) is 18.6 Å². The molecule has 0 saturated carbocycles. The Morgan fingerprint density at radius 2 is 1.73 bits per heavy atom. The summed E-state index contributed by atoms with van der Waals surface area (Å²) < 4.78 is 88.5. The molecule has 0 spiro atoms. The highest BCUT2D eigenvalue weighted by Gasteiger charge is 2.36. The summed E-state index contributed by atoms with van der Waals surface area (Å²) in [6, 6.07) is 6.69. The van der Waals surface area contributed by atoms with Crippen molar-refractivity contribution in [3.05, 3.63) is 77.0 Å². The summed E-state index contributed by atoms with van der Waals surface area (Å²) in [5.74, 6) is -1.35. The Labute approximate surface area is 229 Å². The molecule has 4 rings (SSSR count). The number of aliphatic imine (C=N–C) groups is 1. The Kier molecular flexibility index (Phi) is 8.82. The van der Waals surface area contributed by atoms with Gasteiger partial charge in [0.25, 0.3) is 0 Å². The summed E-state index contributed by atoms with van der Waals surface area (Å²) in [7, 11) is 3.54. The molecule has 3 heterocycles. The van der Waals surface area contributed by atoms with Crippen LogP contribution < -0.4 is 10.1 Å². The zero-order valence-corrected chi connectivity index (χ0v) is 22.8. The number of ether oxygens (including phenoxy) is 1. The highest BCUT2D eigenvalue weighted by molar-refractivity contribution is 7.18. The first-order valence-electron chi connectivity index (χ1n) is 12.3. The predicted molar refractivity (Wildman–Crippen MR) is 141 cm³/mol. The molecule has 1 aromatic carbocycles. The molecule has 1 N–H and O–H groups in total. The van der Waals surface area contributed by atoms with Crippen molar-refractivity contribution in [1.29, 1.82) is 0 Å². The molecule has 3 aromatic rings. The van der Waals surface area contributed by atoms with E-state index in [0.29, 0.717) is 37.4 Å². The monoisotopic (exact) mass is 584 g/mol. The summed E-state index contributed by atoms with van der Waals surface area (Å²) in [6.07, 6.45) is -2.29. The van der Waals surface area contributed by atoms with Crippen LogP contribution in [0.1, 0.15) is 41.5 Å². The molecule has 14 heteroatoms. The number of likely N-dealkylation sites (tertiary alicyclic amines) is 1. The number of alkyl halides is 4. The molecule has 1 saturated heterocycles. The van der Waals surface area contributed by atoms with Crippen LogP contribution >= 0.6 is 9.24 Å². The maximum absolute atomic E-state index is 16.0. The number of hydrogen-bond donors (Lipinski definition) is 1. The van der Waals surface area contributed by atoms with E-state index in [2.05, 4.69) is 25.3 Å². The van der Waals surface area contributed by atoms with Crippen LogP contribution in [-0.2, 0) is 11.6 Å². The molecule has 1 aliphatic rings. The standard InChI is InChI=1S/C26H27F6N6OP/c1-15-34-13-17(25(29,40)14-39-21-8-4-7-20(36-21)26(30,31)32)22(35-15)16-9-11-38(12-10-16)24(33-2)37-23-18(27)5-3-6-19(23)28/h3-8,13,16H,9-12,14,40H2,1-2H3,(H,33,37). The van der Waals surface area contributed by atoms with Crippen LogP contribution in [0.15, 0.2) is 47.6 Å². The van der Waals surface area contributed by atoms with E-state index in [-0.39, 0.29) is 29.0 Å². The van der Waals surface area contributed by atoms with Crippen molar-refractivity contribution < 1.29 is 31.1 Å². The van der Waals surface area contributed by atoms with Gasteiger partial charge in [-0.25, -0.2) is 28.1 Å². The van der Waals surface area contributed by atoms with Crippen molar-refractivity contribution in [2.75, 3.05) is 32.1 Å². The van der Waals surface area contributed by atoms with E-state index in [0.717, 1.165) is 24.3 Å². The third-order valence-corrected chi connectivity index (χ3v) is 6.90. The number of nitrogens with one attached hydrogen (secondary N) is 1. The second-order valence-corrected chi connectivity index (χ2v) is 10.2. The molecule has 40 heavy (non-hydrogen) atoms. The van der Waals surface area contributed by atoms with Crippen molar-refractivity contribution in [2.24, 2.45) is 4.99 Å². The molecular formula is C26H27F6N6OP. The van der Waals surface area contributed by atoms with Crippen molar-refractivity contribution in [2.45, 2.75) is 37.3 Å². The Hall–Kier alpha value is -3.47. The predicted octanol–water partition coefficient (Wildman–Crippen LogP) is 5.83. The molecule has 214 valence electrons. The minimum atomic E-state index is -4.67. The number of nitrogens with zero attached hydrogens (tertiary/aromatic N) is 5. The molecule has 1 fully saturated rings. The molecule has 2 atom stereocenters. The summed E-state index contributed by atoms with van der Waals surface area (Å²) in [4.78, 5) is 18.0. The second kappa shape index (κ2) is 12.0. The van der Waals surface area contributed by atoms with E-state index in [1.165, 1.54) is 25.4 Å². The number of para-hydroxylation sites is 1. The normalized spacial score (nSPS) is 16.5. The fourth-order valence-corrected chi connectivity index (χ4v) is 4.70. The van der Waals surface area contributed by atoms with Gasteiger partial charge < -0.3 is 15.0 Å². The van der Waals surface area contributed by atoms with Gasteiger partial charge in [-0.2, -0.15) is 13.2 Å². The van der Waals surface area contributed by atoms with Gasteiger partial charge in [-0.3, -0.25) is 4.99 Å². The Morgan fingerprint density at radius 1 is 1.07 bits per heavy atom. The number of guanidine groups is 1. The lowest BCUT2D eigenvalue weighted by molar-refractivity contribution is -0.141. The Balaban J connectivity index is 1.47. The molecule has 0 amide bonds. The van der Waals surface area contributed by atoms with Gasteiger partial charge in [0.05, 0.1) is 5.69 Å². The lowest BCUT2D eigenvalue weighted by atomic mass is 9.89. The topological polar surface area (TPSA) is 75.5 Å². The number of benzene rings is 1. The lowest BCUT2D eigenvalue weighted by Gasteiger charge is -2.35. The fraction of sp³-hybridized carbons (Fsp3) is 0.385. The van der Waals surface area contributed by atoms with E-state index in [4.69, 9.17) is 4.74 Å². The smallest absolute Gasteiger partial charge is 0.433 e. The first-order valence-corrected chi connectivity index (χ1v) is 12.9. The van der Waals surface area contributed by atoms with Gasteiger partial charge in [-0.15, -0.1) is 0 Å². The van der Waals surface area contributed by atoms with E-state index >= 15 is 4.39 Å². The number of pyridine rings is 1. The molecule has 7 nitrogen and oxygen atoms in total. The zero-order valence-electron chi connectivity index (χ0n) is 21.6. The van der Waals surface area contributed by atoms with Crippen molar-refractivity contribution in [3.63, 3.8) is 0 Å². The average Bonchev–Trinajstić information content (AvgIpc) is 2.92. The van der Waals surface area contributed by atoms with Gasteiger partial charge in [-0.05, 0) is 38.0 Å². The van der Waals surface area contributed by atoms with Crippen LogP contribution in [0.2, 0.25) is 0 Å². The van der Waals surface area contributed by atoms with Gasteiger partial charge in [0.15, 0.2) is 11.4 Å². The molecule has 0 radical (unpaired) electrons. The molecule has 2 unspecified atom stereocenters. The summed E-state index contributed by atoms with van der Waals surface area (Å²) in [5.41, 5.74) is -0.872. The van der Waals surface area contributed by atoms with Crippen LogP contribution in [0.25, 0.3) is 0 Å². The fourth-order valence-electron chi connectivity index (χ4n) is 4.40. The van der Waals surface area contributed by atoms with Gasteiger partial charge in [0, 0.05) is 43.9 Å². The second-order valence-electron chi connectivity index (χ2n) is 9.26. The largest absolute Gasteiger partial charge is 0.473 e. The van der Waals surface area contributed by atoms with Crippen molar-refractivity contribution in [1.82, 2.24) is 19.9 Å². The van der Waals surface area contributed by atoms with Gasteiger partial charge in [0.2, 0.25) is 5.88 Å². The molecule has 0 bridgehead atoms. The number of halogens is 6. The molecular weight excluding hydrogens is 557 g/mol. The quantitative estimate of drug-likeness (QED) is 0.170. The lowest BCUT2D eigenvalue weighted by Crippen LogP contribution is -2.42. The van der Waals surface area contributed by atoms with Gasteiger partial charge in [0.1, 0.15) is 35.4 Å². The summed E-state index contributed by atoms with van der Waals surface area (Å²) >= 11 is 0. The number of anilines is 1. The summed E-state index contributed by atoms with van der Waals surface area (Å²) in [5, 5.41) is 0.498. The Morgan fingerprint density at radius 3 is 2.35 bits per heavy atom. The number of hydrogen-bond acceptors (Lipinski definition) is 5. The first kappa shape index (κ1) is 29.5. The van der Waals surface area contributed by atoms with Crippen LogP contribution in [0.3, 0.4) is 0 Å². The highest BCUT2D eigenvalue weighted by Crippen LogP contribution is 2.40. The molecule has 1 aliphatic heterocycles. The van der Waals surface area contributed by atoms with E-state index in [1.807, 2.05) is 14.1 Å². The number of piperidine rings is 1. The van der Waals surface area contributed by atoms with E-state index in [1.54, 1.807) is 6.92 Å². The van der Waals surface area contributed by atoms with Gasteiger partial charge in [-0.1, -0.05) is 21.4 Å². The van der Waals surface area contributed by atoms with Crippen LogP contribution in [0.5, 0.6) is 5.88 Å². The maximum Gasteiger partial charge on any atom is 0.433 e. The third kappa shape index (κ3) is 6.80. The number of aryl methyl sites for hydroxylation is 1. The molecule has 2 aromatic heterocycles. The third-order valence-electron chi connectivity index (χ3n) is 6.42.